The largest absolute Gasteiger partial charge is 0.308 e. The second kappa shape index (κ2) is 9.65. The molecule has 3 nitrogen and oxygen atoms in total. The van der Waals surface area contributed by atoms with Crippen molar-refractivity contribution < 1.29 is 0 Å². The molecule has 0 bridgehead atoms. The molecular weight excluding hydrogens is 558 g/mol. The van der Waals surface area contributed by atoms with Crippen molar-refractivity contribution in [3.05, 3.63) is 164 Å². The first-order valence-corrected chi connectivity index (χ1v) is 15.7. The minimum absolute atomic E-state index is 0.903. The Morgan fingerprint density at radius 3 is 1.85 bits per heavy atom. The summed E-state index contributed by atoms with van der Waals surface area (Å²) in [7, 11) is 0. The molecule has 46 heavy (non-hydrogen) atoms. The monoisotopic (exact) mass is 585 g/mol. The first kappa shape index (κ1) is 25.2. The highest BCUT2D eigenvalue weighted by Crippen LogP contribution is 2.42. The zero-order valence-corrected chi connectivity index (χ0v) is 24.9. The minimum atomic E-state index is 0.903. The van der Waals surface area contributed by atoms with Crippen LogP contribution < -0.4 is 0 Å². The highest BCUT2D eigenvalue weighted by Gasteiger charge is 2.21. The van der Waals surface area contributed by atoms with E-state index in [0.29, 0.717) is 0 Å². The molecule has 0 saturated carbocycles. The minimum Gasteiger partial charge on any atom is -0.308 e. The third-order valence-electron chi connectivity index (χ3n) is 9.46. The summed E-state index contributed by atoms with van der Waals surface area (Å²) >= 11 is 0. The Morgan fingerprint density at radius 1 is 0.391 bits per heavy atom. The SMILES string of the molecule is c1ccc(-c2cc(-c3ccccc3)nc(-n3c4ccccc4c4c3ccc3c5ccccc5c5cc6ccccc6n5c34)c2)cc1. The van der Waals surface area contributed by atoms with Crippen LogP contribution in [0.5, 0.6) is 0 Å². The predicted molar refractivity (Wildman–Crippen MR) is 193 cm³/mol. The van der Waals surface area contributed by atoms with Gasteiger partial charge in [0.1, 0.15) is 5.82 Å². The number of hydrogen-bond acceptors (Lipinski definition) is 1. The molecule has 10 rings (SSSR count). The number of rotatable bonds is 3. The topological polar surface area (TPSA) is 22.2 Å². The molecule has 0 saturated heterocycles. The number of benzene rings is 6. The van der Waals surface area contributed by atoms with Crippen molar-refractivity contribution in [3.8, 4) is 28.2 Å². The fourth-order valence-corrected chi connectivity index (χ4v) is 7.46. The van der Waals surface area contributed by atoms with Gasteiger partial charge in [0.05, 0.1) is 33.3 Å². The third kappa shape index (κ3) is 3.57. The molecule has 4 heterocycles. The Bertz CT molecular complexity index is 2730. The van der Waals surface area contributed by atoms with Crippen molar-refractivity contribution in [2.45, 2.75) is 0 Å². The molecule has 3 heteroatoms. The summed E-state index contributed by atoms with van der Waals surface area (Å²) in [5.41, 5.74) is 10.3. The van der Waals surface area contributed by atoms with Gasteiger partial charge in [0, 0.05) is 32.5 Å². The number of aromatic nitrogens is 3. The molecule has 0 radical (unpaired) electrons. The molecule has 0 fully saturated rings. The van der Waals surface area contributed by atoms with Crippen LogP contribution in [0.2, 0.25) is 0 Å². The van der Waals surface area contributed by atoms with E-state index in [1.54, 1.807) is 0 Å². The van der Waals surface area contributed by atoms with Crippen molar-refractivity contribution in [1.29, 1.82) is 0 Å². The molecule has 0 aliphatic heterocycles. The van der Waals surface area contributed by atoms with Crippen LogP contribution in [-0.2, 0) is 0 Å². The Hall–Kier alpha value is -6.19. The summed E-state index contributed by atoms with van der Waals surface area (Å²) in [6, 6.07) is 58.8. The normalized spacial score (nSPS) is 11.9. The molecule has 10 aromatic rings. The second-order valence-corrected chi connectivity index (χ2v) is 12.0. The van der Waals surface area contributed by atoms with Crippen LogP contribution in [0, 0.1) is 0 Å². The Balaban J connectivity index is 1.39. The van der Waals surface area contributed by atoms with Gasteiger partial charge in [-0.05, 0) is 52.9 Å². The number of hydrogen-bond donors (Lipinski definition) is 0. The van der Waals surface area contributed by atoms with Gasteiger partial charge in [-0.1, -0.05) is 127 Å². The number of nitrogens with zero attached hydrogens (tertiary/aromatic N) is 3. The summed E-state index contributed by atoms with van der Waals surface area (Å²) in [5.74, 6) is 0.903. The molecule has 0 amide bonds. The van der Waals surface area contributed by atoms with Gasteiger partial charge in [0.15, 0.2) is 0 Å². The lowest BCUT2D eigenvalue weighted by molar-refractivity contribution is 1.08. The zero-order chi connectivity index (χ0) is 30.2. The highest BCUT2D eigenvalue weighted by molar-refractivity contribution is 6.27. The summed E-state index contributed by atoms with van der Waals surface area (Å²) in [6.07, 6.45) is 0. The lowest BCUT2D eigenvalue weighted by Gasteiger charge is -2.14. The first-order chi connectivity index (χ1) is 22.8. The quantitative estimate of drug-likeness (QED) is 0.189. The van der Waals surface area contributed by atoms with Crippen LogP contribution in [0.15, 0.2) is 164 Å². The van der Waals surface area contributed by atoms with Gasteiger partial charge >= 0.3 is 0 Å². The fraction of sp³-hybridized carbons (Fsp3) is 0. The second-order valence-electron chi connectivity index (χ2n) is 12.0. The summed E-state index contributed by atoms with van der Waals surface area (Å²) in [6.45, 7) is 0. The van der Waals surface area contributed by atoms with E-state index >= 15 is 0 Å². The number of fused-ring (bicyclic) bond motifs is 12. The zero-order valence-electron chi connectivity index (χ0n) is 24.9. The van der Waals surface area contributed by atoms with Gasteiger partial charge in [0.25, 0.3) is 0 Å². The van der Waals surface area contributed by atoms with E-state index in [2.05, 4.69) is 173 Å². The standard InChI is InChI=1S/C43H27N3/c1-3-13-28(14-4-1)31-25-36(29-15-5-2-6-16-29)44-41(27-31)45-38-22-12-10-20-35(38)42-39(45)24-23-34-32-18-8-9-19-33(32)40-26-30-17-7-11-21-37(30)46(40)43(34)42/h1-27H. The molecule has 0 unspecified atom stereocenters. The van der Waals surface area contributed by atoms with Crippen LogP contribution >= 0.6 is 0 Å². The van der Waals surface area contributed by atoms with Gasteiger partial charge in [-0.25, -0.2) is 4.98 Å². The Kier molecular flexibility index (Phi) is 5.28. The molecule has 214 valence electrons. The maximum atomic E-state index is 5.36. The van der Waals surface area contributed by atoms with Gasteiger partial charge < -0.3 is 4.40 Å². The van der Waals surface area contributed by atoms with E-state index < -0.39 is 0 Å². The van der Waals surface area contributed by atoms with E-state index in [-0.39, 0.29) is 0 Å². The van der Waals surface area contributed by atoms with Gasteiger partial charge in [0.2, 0.25) is 0 Å². The summed E-state index contributed by atoms with van der Waals surface area (Å²) < 4.78 is 4.84. The van der Waals surface area contributed by atoms with Crippen LogP contribution in [0.25, 0.3) is 88.1 Å². The van der Waals surface area contributed by atoms with Gasteiger partial charge in [-0.3, -0.25) is 4.57 Å². The van der Waals surface area contributed by atoms with E-state index in [9.17, 15) is 0 Å². The molecule has 4 aromatic heterocycles. The van der Waals surface area contributed by atoms with E-state index in [1.165, 1.54) is 54.4 Å². The average Bonchev–Trinajstić information content (AvgIpc) is 3.69. The van der Waals surface area contributed by atoms with Crippen LogP contribution in [-0.4, -0.2) is 14.0 Å². The van der Waals surface area contributed by atoms with Crippen molar-refractivity contribution in [2.24, 2.45) is 0 Å². The summed E-state index contributed by atoms with van der Waals surface area (Å²) in [4.78, 5) is 5.36. The Morgan fingerprint density at radius 2 is 1.04 bits per heavy atom. The maximum Gasteiger partial charge on any atom is 0.138 e. The molecule has 0 N–H and O–H groups in total. The highest BCUT2D eigenvalue weighted by atomic mass is 15.1. The van der Waals surface area contributed by atoms with Crippen molar-refractivity contribution >= 4 is 59.9 Å². The van der Waals surface area contributed by atoms with Crippen molar-refractivity contribution in [3.63, 3.8) is 0 Å². The van der Waals surface area contributed by atoms with Gasteiger partial charge in [-0.15, -0.1) is 0 Å². The van der Waals surface area contributed by atoms with Gasteiger partial charge in [-0.2, -0.15) is 0 Å². The lowest BCUT2D eigenvalue weighted by atomic mass is 10.0. The molecule has 6 aromatic carbocycles. The van der Waals surface area contributed by atoms with Crippen LogP contribution in [0.1, 0.15) is 0 Å². The van der Waals surface area contributed by atoms with E-state index in [4.69, 9.17) is 4.98 Å². The third-order valence-corrected chi connectivity index (χ3v) is 9.46. The number of para-hydroxylation sites is 2. The van der Waals surface area contributed by atoms with Crippen LogP contribution in [0.4, 0.5) is 0 Å². The Labute approximate surface area is 265 Å². The maximum absolute atomic E-state index is 5.36. The molecule has 0 spiro atoms. The van der Waals surface area contributed by atoms with E-state index in [1.807, 2.05) is 0 Å². The predicted octanol–water partition coefficient (Wildman–Crippen LogP) is 11.2. The molecular formula is C43H27N3. The molecule has 0 aliphatic rings. The first-order valence-electron chi connectivity index (χ1n) is 15.7. The smallest absolute Gasteiger partial charge is 0.138 e. The number of pyridine rings is 2. The average molecular weight is 586 g/mol. The lowest BCUT2D eigenvalue weighted by Crippen LogP contribution is -2.00. The van der Waals surface area contributed by atoms with Crippen LogP contribution in [0.3, 0.4) is 0 Å². The molecule has 0 atom stereocenters. The van der Waals surface area contributed by atoms with E-state index in [0.717, 1.165) is 33.7 Å². The summed E-state index contributed by atoms with van der Waals surface area (Å²) in [5, 5.41) is 7.46. The molecule has 0 aliphatic carbocycles. The van der Waals surface area contributed by atoms with Crippen molar-refractivity contribution in [1.82, 2.24) is 14.0 Å². The van der Waals surface area contributed by atoms with Crippen molar-refractivity contribution in [2.75, 3.05) is 0 Å². The fourth-order valence-electron chi connectivity index (χ4n) is 7.46.